The van der Waals surface area contributed by atoms with E-state index in [4.69, 9.17) is 0 Å². The average Bonchev–Trinajstić information content (AvgIpc) is 2.20. The van der Waals surface area contributed by atoms with E-state index in [9.17, 15) is 4.39 Å². The molecule has 1 aliphatic rings. The van der Waals surface area contributed by atoms with Crippen LogP contribution in [0.5, 0.6) is 0 Å². The molecule has 0 saturated carbocycles. The van der Waals surface area contributed by atoms with Crippen LogP contribution < -0.4 is 0 Å². The van der Waals surface area contributed by atoms with Crippen molar-refractivity contribution in [2.75, 3.05) is 13.6 Å². The molecule has 1 nitrogen and oxygen atoms in total. The van der Waals surface area contributed by atoms with Gasteiger partial charge in [0.05, 0.1) is 0 Å². The minimum absolute atomic E-state index is 0.0837. The number of halogens is 1. The topological polar surface area (TPSA) is 3.24 Å². The summed E-state index contributed by atoms with van der Waals surface area (Å²) in [6.07, 6.45) is 4.32. The fourth-order valence-electron chi connectivity index (χ4n) is 2.02. The summed E-state index contributed by atoms with van der Waals surface area (Å²) in [6, 6.07) is 7.30. The fraction of sp³-hybridized carbons (Fsp3) is 0.417. The third-order valence-corrected chi connectivity index (χ3v) is 2.87. The summed E-state index contributed by atoms with van der Waals surface area (Å²) in [4.78, 5) is 2.22. The Kier molecular flexibility index (Phi) is 2.82. The molecular weight excluding hydrogens is 177 g/mol. The first-order valence-corrected chi connectivity index (χ1v) is 5.05. The minimum atomic E-state index is -0.0837. The Bertz CT molecular complexity index is 311. The number of hydrogen-bond acceptors (Lipinski definition) is 1. The van der Waals surface area contributed by atoms with Crippen molar-refractivity contribution in [3.05, 3.63) is 42.1 Å². The van der Waals surface area contributed by atoms with E-state index in [2.05, 4.69) is 18.4 Å². The second kappa shape index (κ2) is 4.09. The number of benzene rings is 1. The van der Waals surface area contributed by atoms with Gasteiger partial charge in [-0.15, -0.1) is 0 Å². The molecule has 0 spiro atoms. The summed E-state index contributed by atoms with van der Waals surface area (Å²) >= 11 is 0. The van der Waals surface area contributed by atoms with E-state index in [1.807, 2.05) is 12.1 Å². The molecule has 0 bridgehead atoms. The zero-order chi connectivity index (χ0) is 9.97. The second-order valence-electron chi connectivity index (χ2n) is 3.83. The van der Waals surface area contributed by atoms with Crippen molar-refractivity contribution in [2.24, 2.45) is 0 Å². The lowest BCUT2D eigenvalue weighted by Crippen LogP contribution is -2.30. The molecule has 0 amide bonds. The van der Waals surface area contributed by atoms with Crippen LogP contribution in [-0.4, -0.2) is 18.5 Å². The van der Waals surface area contributed by atoms with Crippen molar-refractivity contribution in [3.8, 4) is 0 Å². The Morgan fingerprint density at radius 3 is 2.86 bits per heavy atom. The zero-order valence-corrected chi connectivity index (χ0v) is 8.41. The maximum absolute atomic E-state index is 13.5. The maximum Gasteiger partial charge on any atom is 0.127 e. The third kappa shape index (κ3) is 1.80. The van der Waals surface area contributed by atoms with E-state index in [1.54, 1.807) is 6.07 Å². The lowest BCUT2D eigenvalue weighted by atomic mass is 9.95. The Balaban J connectivity index is 2.25. The van der Waals surface area contributed by atoms with Crippen LogP contribution >= 0.6 is 0 Å². The quantitative estimate of drug-likeness (QED) is 0.661. The smallest absolute Gasteiger partial charge is 0.127 e. The predicted molar refractivity (Wildman–Crippen MR) is 55.3 cm³/mol. The van der Waals surface area contributed by atoms with Gasteiger partial charge >= 0.3 is 0 Å². The highest BCUT2D eigenvalue weighted by atomic mass is 19.1. The van der Waals surface area contributed by atoms with E-state index in [0.29, 0.717) is 0 Å². The van der Waals surface area contributed by atoms with E-state index < -0.39 is 0 Å². The number of nitrogens with zero attached hydrogens (tertiary/aromatic N) is 1. The van der Waals surface area contributed by atoms with Gasteiger partial charge in [0.2, 0.25) is 0 Å². The van der Waals surface area contributed by atoms with Gasteiger partial charge < -0.3 is 0 Å². The van der Waals surface area contributed by atoms with Crippen molar-refractivity contribution >= 4 is 0 Å². The molecular formula is C12H15FN. The molecule has 0 aromatic heterocycles. The molecule has 0 N–H and O–H groups in total. The SMILES string of the molecule is CN1CC[CH]CC1c1ccccc1F. The Labute approximate surface area is 84.5 Å². The van der Waals surface area contributed by atoms with Gasteiger partial charge in [0.1, 0.15) is 5.82 Å². The van der Waals surface area contributed by atoms with Gasteiger partial charge in [-0.1, -0.05) is 18.2 Å². The molecule has 1 unspecified atom stereocenters. The van der Waals surface area contributed by atoms with Crippen LogP contribution in [0.3, 0.4) is 0 Å². The predicted octanol–water partition coefficient (Wildman–Crippen LogP) is 2.80. The summed E-state index contributed by atoms with van der Waals surface area (Å²) in [5.41, 5.74) is 0.825. The van der Waals surface area contributed by atoms with Gasteiger partial charge in [-0.25, -0.2) is 4.39 Å². The molecule has 0 aliphatic carbocycles. The molecule has 1 saturated heterocycles. The summed E-state index contributed by atoms with van der Waals surface area (Å²) < 4.78 is 13.5. The average molecular weight is 192 g/mol. The Morgan fingerprint density at radius 2 is 2.14 bits per heavy atom. The molecule has 1 aromatic rings. The minimum Gasteiger partial charge on any atom is -0.299 e. The van der Waals surface area contributed by atoms with Crippen LogP contribution in [0.4, 0.5) is 4.39 Å². The maximum atomic E-state index is 13.5. The molecule has 1 aromatic carbocycles. The van der Waals surface area contributed by atoms with Gasteiger partial charge in [0.15, 0.2) is 0 Å². The van der Waals surface area contributed by atoms with E-state index in [-0.39, 0.29) is 11.9 Å². The van der Waals surface area contributed by atoms with Gasteiger partial charge in [-0.3, -0.25) is 4.90 Å². The van der Waals surface area contributed by atoms with Crippen LogP contribution in [0.15, 0.2) is 24.3 Å². The fourth-order valence-corrected chi connectivity index (χ4v) is 2.02. The molecule has 1 heterocycles. The highest BCUT2D eigenvalue weighted by molar-refractivity contribution is 5.22. The Morgan fingerprint density at radius 1 is 1.36 bits per heavy atom. The molecule has 1 radical (unpaired) electrons. The lowest BCUT2D eigenvalue weighted by Gasteiger charge is -2.32. The van der Waals surface area contributed by atoms with E-state index >= 15 is 0 Å². The molecule has 1 aliphatic heterocycles. The summed E-state index contributed by atoms with van der Waals surface area (Å²) in [6.45, 7) is 1.03. The molecule has 1 fully saturated rings. The van der Waals surface area contributed by atoms with Crippen LogP contribution in [0.1, 0.15) is 24.4 Å². The molecule has 75 valence electrons. The van der Waals surface area contributed by atoms with Crippen LogP contribution in [-0.2, 0) is 0 Å². The van der Waals surface area contributed by atoms with Gasteiger partial charge in [-0.05, 0) is 38.9 Å². The Hall–Kier alpha value is -0.890. The number of piperidine rings is 1. The largest absolute Gasteiger partial charge is 0.299 e. The molecule has 2 rings (SSSR count). The molecule has 1 atom stereocenters. The van der Waals surface area contributed by atoms with Crippen molar-refractivity contribution in [2.45, 2.75) is 18.9 Å². The van der Waals surface area contributed by atoms with Crippen molar-refractivity contribution < 1.29 is 4.39 Å². The van der Waals surface area contributed by atoms with E-state index in [1.165, 1.54) is 6.07 Å². The van der Waals surface area contributed by atoms with Crippen molar-refractivity contribution in [1.82, 2.24) is 4.90 Å². The van der Waals surface area contributed by atoms with E-state index in [0.717, 1.165) is 24.9 Å². The normalized spacial score (nSPS) is 23.7. The summed E-state index contributed by atoms with van der Waals surface area (Å²) in [5, 5.41) is 0. The number of likely N-dealkylation sites (tertiary alicyclic amines) is 1. The van der Waals surface area contributed by atoms with Crippen molar-refractivity contribution in [3.63, 3.8) is 0 Å². The first kappa shape index (κ1) is 9.66. The second-order valence-corrected chi connectivity index (χ2v) is 3.83. The van der Waals surface area contributed by atoms with Gasteiger partial charge in [-0.2, -0.15) is 0 Å². The molecule has 14 heavy (non-hydrogen) atoms. The first-order valence-electron chi connectivity index (χ1n) is 5.05. The lowest BCUT2D eigenvalue weighted by molar-refractivity contribution is 0.211. The monoisotopic (exact) mass is 192 g/mol. The molecule has 2 heteroatoms. The summed E-state index contributed by atoms with van der Waals surface area (Å²) in [7, 11) is 2.06. The van der Waals surface area contributed by atoms with Crippen molar-refractivity contribution in [1.29, 1.82) is 0 Å². The highest BCUT2D eigenvalue weighted by Crippen LogP contribution is 2.30. The third-order valence-electron chi connectivity index (χ3n) is 2.87. The highest BCUT2D eigenvalue weighted by Gasteiger charge is 2.22. The van der Waals surface area contributed by atoms with Crippen LogP contribution in [0, 0.1) is 12.2 Å². The van der Waals surface area contributed by atoms with Crippen LogP contribution in [0.2, 0.25) is 0 Å². The van der Waals surface area contributed by atoms with Gasteiger partial charge in [0.25, 0.3) is 0 Å². The van der Waals surface area contributed by atoms with Crippen LogP contribution in [0.25, 0.3) is 0 Å². The zero-order valence-electron chi connectivity index (χ0n) is 8.41. The number of hydrogen-bond donors (Lipinski definition) is 0. The first-order chi connectivity index (χ1) is 6.79. The van der Waals surface area contributed by atoms with Gasteiger partial charge in [0, 0.05) is 11.6 Å². The number of rotatable bonds is 1. The standard InChI is InChI=1S/C12H15FN/c1-14-9-5-4-8-12(14)10-6-2-3-7-11(10)13/h2-4,6-7,12H,5,8-9H2,1H3. The summed E-state index contributed by atoms with van der Waals surface area (Å²) in [5.74, 6) is -0.0837.